The second-order valence-electron chi connectivity index (χ2n) is 5.15. The molecule has 1 aromatic rings. The Kier molecular flexibility index (Phi) is 5.03. The highest BCUT2D eigenvalue weighted by Gasteiger charge is 2.30. The lowest BCUT2D eigenvalue weighted by molar-refractivity contribution is 0.422. The first kappa shape index (κ1) is 15.0. The fourth-order valence-electron chi connectivity index (χ4n) is 2.57. The molecule has 0 radical (unpaired) electrons. The smallest absolute Gasteiger partial charge is 0.212 e. The van der Waals surface area contributed by atoms with Crippen LogP contribution >= 0.6 is 15.9 Å². The molecule has 0 saturated heterocycles. The molecule has 5 heteroatoms. The molecule has 106 valence electrons. The van der Waals surface area contributed by atoms with E-state index in [-0.39, 0.29) is 5.25 Å². The van der Waals surface area contributed by atoms with E-state index in [0.717, 1.165) is 35.7 Å². The van der Waals surface area contributed by atoms with Gasteiger partial charge in [-0.15, -0.1) is 0 Å². The third-order valence-electron chi connectivity index (χ3n) is 3.76. The van der Waals surface area contributed by atoms with Crippen LogP contribution in [0, 0.1) is 0 Å². The van der Waals surface area contributed by atoms with Crippen LogP contribution in [0.4, 0.5) is 0 Å². The summed E-state index contributed by atoms with van der Waals surface area (Å²) in [4.78, 5) is 0. The van der Waals surface area contributed by atoms with Crippen LogP contribution in [0.2, 0.25) is 0 Å². The fourth-order valence-corrected chi connectivity index (χ4v) is 4.74. The lowest BCUT2D eigenvalue weighted by Crippen LogP contribution is -2.36. The summed E-state index contributed by atoms with van der Waals surface area (Å²) < 4.78 is 27.5. The molecule has 1 aromatic carbocycles. The zero-order valence-corrected chi connectivity index (χ0v) is 13.6. The van der Waals surface area contributed by atoms with E-state index in [1.165, 1.54) is 10.7 Å². The van der Waals surface area contributed by atoms with Gasteiger partial charge in [0.15, 0.2) is 0 Å². The van der Waals surface area contributed by atoms with Crippen LogP contribution in [-0.4, -0.2) is 25.0 Å². The van der Waals surface area contributed by atoms with Gasteiger partial charge in [0.1, 0.15) is 0 Å². The van der Waals surface area contributed by atoms with E-state index in [9.17, 15) is 8.42 Å². The predicted molar refractivity (Wildman–Crippen MR) is 81.4 cm³/mol. The lowest BCUT2D eigenvalue weighted by Gasteiger charge is -2.27. The molecule has 2 rings (SSSR count). The molecule has 19 heavy (non-hydrogen) atoms. The molecule has 0 heterocycles. The zero-order valence-electron chi connectivity index (χ0n) is 11.2. The Morgan fingerprint density at radius 2 is 1.84 bits per heavy atom. The highest BCUT2D eigenvalue weighted by molar-refractivity contribution is 9.10. The Bertz CT molecular complexity index is 524. The second-order valence-corrected chi connectivity index (χ2v) is 8.33. The van der Waals surface area contributed by atoms with Gasteiger partial charge >= 0.3 is 0 Å². The minimum Gasteiger partial charge on any atom is -0.212 e. The number of hydrogen-bond donors (Lipinski definition) is 0. The molecule has 3 nitrogen and oxygen atoms in total. The molecule has 1 aliphatic carbocycles. The van der Waals surface area contributed by atoms with Crippen LogP contribution in [0.3, 0.4) is 0 Å². The summed E-state index contributed by atoms with van der Waals surface area (Å²) >= 11 is 3.47. The van der Waals surface area contributed by atoms with Crippen molar-refractivity contribution < 1.29 is 8.42 Å². The Balaban J connectivity index is 2.10. The van der Waals surface area contributed by atoms with Crippen molar-refractivity contribution in [2.45, 2.75) is 43.9 Å². The molecule has 0 unspecified atom stereocenters. The van der Waals surface area contributed by atoms with Gasteiger partial charge in [0, 0.05) is 18.1 Å². The van der Waals surface area contributed by atoms with Gasteiger partial charge < -0.3 is 0 Å². The summed E-state index contributed by atoms with van der Waals surface area (Å²) in [6.45, 7) is 0.431. The number of hydrogen-bond acceptors (Lipinski definition) is 2. The van der Waals surface area contributed by atoms with Crippen LogP contribution < -0.4 is 0 Å². The fraction of sp³-hybridized carbons (Fsp3) is 0.571. The van der Waals surface area contributed by atoms with Gasteiger partial charge in [-0.25, -0.2) is 12.7 Å². The minimum atomic E-state index is -3.16. The average Bonchev–Trinajstić information content (AvgIpc) is 2.42. The van der Waals surface area contributed by atoms with Crippen molar-refractivity contribution in [1.29, 1.82) is 0 Å². The highest BCUT2D eigenvalue weighted by atomic mass is 79.9. The molecule has 0 bridgehead atoms. The van der Waals surface area contributed by atoms with E-state index in [1.807, 2.05) is 24.3 Å². The Morgan fingerprint density at radius 1 is 1.21 bits per heavy atom. The number of rotatable bonds is 4. The van der Waals surface area contributed by atoms with Crippen LogP contribution in [0.5, 0.6) is 0 Å². The van der Waals surface area contributed by atoms with Gasteiger partial charge in [0.2, 0.25) is 10.0 Å². The Morgan fingerprint density at radius 3 is 2.47 bits per heavy atom. The molecule has 0 aromatic heterocycles. The van der Waals surface area contributed by atoms with E-state index in [1.54, 1.807) is 7.05 Å². The topological polar surface area (TPSA) is 37.4 Å². The quantitative estimate of drug-likeness (QED) is 0.836. The van der Waals surface area contributed by atoms with Gasteiger partial charge in [0.25, 0.3) is 0 Å². The maximum absolute atomic E-state index is 12.5. The minimum absolute atomic E-state index is 0.186. The van der Waals surface area contributed by atoms with Gasteiger partial charge in [-0.05, 0) is 24.5 Å². The summed E-state index contributed by atoms with van der Waals surface area (Å²) in [6, 6.07) is 7.76. The standard InChI is InChI=1S/C14H20BrNO2S/c1-16(11-12-7-5-6-10-14(12)15)19(17,18)13-8-3-2-4-9-13/h5-7,10,13H,2-4,8-9,11H2,1H3. The van der Waals surface area contributed by atoms with Crippen molar-refractivity contribution in [3.8, 4) is 0 Å². The number of nitrogens with zero attached hydrogens (tertiary/aromatic N) is 1. The van der Waals surface area contributed by atoms with Crippen LogP contribution in [0.25, 0.3) is 0 Å². The largest absolute Gasteiger partial charge is 0.217 e. The van der Waals surface area contributed by atoms with Crippen molar-refractivity contribution in [2.75, 3.05) is 7.05 Å². The first-order chi connectivity index (χ1) is 9.01. The van der Waals surface area contributed by atoms with Gasteiger partial charge in [-0.1, -0.05) is 53.4 Å². The molecule has 0 N–H and O–H groups in total. The van der Waals surface area contributed by atoms with Crippen molar-refractivity contribution in [3.05, 3.63) is 34.3 Å². The van der Waals surface area contributed by atoms with Crippen LogP contribution in [0.15, 0.2) is 28.7 Å². The van der Waals surface area contributed by atoms with Gasteiger partial charge in [0.05, 0.1) is 5.25 Å². The van der Waals surface area contributed by atoms with Crippen molar-refractivity contribution in [3.63, 3.8) is 0 Å². The molecule has 1 saturated carbocycles. The van der Waals surface area contributed by atoms with E-state index < -0.39 is 10.0 Å². The average molecular weight is 346 g/mol. The van der Waals surface area contributed by atoms with E-state index in [0.29, 0.717) is 6.54 Å². The lowest BCUT2D eigenvalue weighted by atomic mass is 10.0. The molecule has 0 amide bonds. The Labute approximate surface area is 124 Å². The normalized spacial score (nSPS) is 17.8. The number of benzene rings is 1. The van der Waals surface area contributed by atoms with E-state index in [2.05, 4.69) is 15.9 Å². The summed E-state index contributed by atoms with van der Waals surface area (Å²) in [5, 5.41) is -0.186. The molecule has 0 atom stereocenters. The maximum Gasteiger partial charge on any atom is 0.217 e. The summed E-state index contributed by atoms with van der Waals surface area (Å²) in [6.07, 6.45) is 4.85. The highest BCUT2D eigenvalue weighted by Crippen LogP contribution is 2.27. The molecule has 0 spiro atoms. The maximum atomic E-state index is 12.5. The summed E-state index contributed by atoms with van der Waals surface area (Å²) in [5.41, 5.74) is 1.00. The summed E-state index contributed by atoms with van der Waals surface area (Å²) in [5.74, 6) is 0. The molecular formula is C14H20BrNO2S. The monoisotopic (exact) mass is 345 g/mol. The van der Waals surface area contributed by atoms with Gasteiger partial charge in [-0.2, -0.15) is 0 Å². The first-order valence-corrected chi connectivity index (χ1v) is 9.00. The predicted octanol–water partition coefficient (Wildman–Crippen LogP) is 3.54. The van der Waals surface area contributed by atoms with Crippen LogP contribution in [0.1, 0.15) is 37.7 Å². The molecular weight excluding hydrogens is 326 g/mol. The number of halogens is 1. The second kappa shape index (κ2) is 6.37. The van der Waals surface area contributed by atoms with E-state index >= 15 is 0 Å². The molecule has 1 fully saturated rings. The number of sulfonamides is 1. The van der Waals surface area contributed by atoms with Gasteiger partial charge in [-0.3, -0.25) is 0 Å². The summed E-state index contributed by atoms with van der Waals surface area (Å²) in [7, 11) is -1.48. The van der Waals surface area contributed by atoms with Crippen LogP contribution in [-0.2, 0) is 16.6 Å². The third kappa shape index (κ3) is 3.58. The van der Waals surface area contributed by atoms with Crippen molar-refractivity contribution in [2.24, 2.45) is 0 Å². The Hall–Kier alpha value is -0.390. The molecule has 0 aliphatic heterocycles. The zero-order chi connectivity index (χ0) is 13.9. The van der Waals surface area contributed by atoms with Crippen molar-refractivity contribution in [1.82, 2.24) is 4.31 Å². The molecule has 1 aliphatic rings. The first-order valence-electron chi connectivity index (χ1n) is 6.70. The third-order valence-corrected chi connectivity index (χ3v) is 6.84. The van der Waals surface area contributed by atoms with E-state index in [4.69, 9.17) is 0 Å². The van der Waals surface area contributed by atoms with Crippen molar-refractivity contribution >= 4 is 26.0 Å². The SMILES string of the molecule is CN(Cc1ccccc1Br)S(=O)(=O)C1CCCCC1.